The number of Topliss-reactive ketones (excluding diaryl/α,β-unsaturated/α-hetero) is 1. The highest BCUT2D eigenvalue weighted by Gasteiger charge is 2.33. The van der Waals surface area contributed by atoms with E-state index in [2.05, 4.69) is 44.3 Å². The molecule has 0 unspecified atom stereocenters. The van der Waals surface area contributed by atoms with Gasteiger partial charge in [-0.15, -0.1) is 0 Å². The van der Waals surface area contributed by atoms with Crippen LogP contribution in [-0.2, 0) is 11.2 Å². The molecule has 1 N–H and O–H groups in total. The SMILES string of the molecule is O=C(Cc1cc2cc(-c3cn[nH]c3)ccc2cn1)C1CCN(C2CC2)CC1. The Hall–Kier alpha value is -2.53. The Balaban J connectivity index is 1.30. The van der Waals surface area contributed by atoms with Gasteiger partial charge in [-0.05, 0) is 61.9 Å². The van der Waals surface area contributed by atoms with Crippen molar-refractivity contribution in [3.63, 3.8) is 0 Å². The van der Waals surface area contributed by atoms with Gasteiger partial charge in [0.1, 0.15) is 5.78 Å². The van der Waals surface area contributed by atoms with Gasteiger partial charge in [0, 0.05) is 47.4 Å². The Morgan fingerprint density at radius 3 is 2.63 bits per heavy atom. The van der Waals surface area contributed by atoms with Crippen LogP contribution in [0.2, 0.25) is 0 Å². The molecule has 1 aliphatic heterocycles. The van der Waals surface area contributed by atoms with Gasteiger partial charge in [-0.2, -0.15) is 5.10 Å². The van der Waals surface area contributed by atoms with Gasteiger partial charge in [0.05, 0.1) is 6.20 Å². The number of pyridine rings is 1. The number of hydrogen-bond donors (Lipinski definition) is 1. The number of hydrogen-bond acceptors (Lipinski definition) is 4. The summed E-state index contributed by atoms with van der Waals surface area (Å²) in [7, 11) is 0. The first-order chi connectivity index (χ1) is 13.3. The number of nitrogens with one attached hydrogen (secondary N) is 1. The quantitative estimate of drug-likeness (QED) is 0.755. The number of benzene rings is 1. The minimum Gasteiger partial charge on any atom is -0.300 e. The third-order valence-corrected chi connectivity index (χ3v) is 6.01. The maximum atomic E-state index is 12.8. The fourth-order valence-corrected chi connectivity index (χ4v) is 4.22. The molecular formula is C22H24N4O. The molecule has 0 atom stereocenters. The maximum absolute atomic E-state index is 12.8. The molecular weight excluding hydrogens is 336 g/mol. The Kier molecular flexibility index (Phi) is 4.24. The molecule has 5 rings (SSSR count). The van der Waals surface area contributed by atoms with Crippen molar-refractivity contribution < 1.29 is 4.79 Å². The number of piperidine rings is 1. The highest BCUT2D eigenvalue weighted by molar-refractivity contribution is 5.88. The van der Waals surface area contributed by atoms with Crippen LogP contribution in [0, 0.1) is 5.92 Å². The van der Waals surface area contributed by atoms with E-state index >= 15 is 0 Å². The number of aromatic nitrogens is 3. The summed E-state index contributed by atoms with van der Waals surface area (Å²) in [5.41, 5.74) is 3.06. The van der Waals surface area contributed by atoms with Crippen molar-refractivity contribution in [3.8, 4) is 11.1 Å². The van der Waals surface area contributed by atoms with E-state index in [0.717, 1.165) is 59.6 Å². The first-order valence-electron chi connectivity index (χ1n) is 9.91. The Bertz CT molecular complexity index is 954. The van der Waals surface area contributed by atoms with E-state index in [0.29, 0.717) is 12.2 Å². The van der Waals surface area contributed by atoms with Crippen LogP contribution < -0.4 is 0 Å². The van der Waals surface area contributed by atoms with Gasteiger partial charge in [-0.1, -0.05) is 12.1 Å². The zero-order valence-corrected chi connectivity index (χ0v) is 15.4. The summed E-state index contributed by atoms with van der Waals surface area (Å²) in [4.78, 5) is 19.9. The van der Waals surface area contributed by atoms with Gasteiger partial charge in [0.25, 0.3) is 0 Å². The van der Waals surface area contributed by atoms with Crippen molar-refractivity contribution in [1.82, 2.24) is 20.1 Å². The van der Waals surface area contributed by atoms with Crippen molar-refractivity contribution in [1.29, 1.82) is 0 Å². The molecule has 2 aromatic heterocycles. The van der Waals surface area contributed by atoms with Crippen LogP contribution in [0.15, 0.2) is 42.9 Å². The Labute approximate surface area is 158 Å². The number of likely N-dealkylation sites (tertiary alicyclic amines) is 1. The van der Waals surface area contributed by atoms with Gasteiger partial charge < -0.3 is 4.90 Å². The van der Waals surface area contributed by atoms with Gasteiger partial charge in [-0.25, -0.2) is 0 Å². The second kappa shape index (κ2) is 6.89. The van der Waals surface area contributed by atoms with Crippen LogP contribution in [0.4, 0.5) is 0 Å². The number of nitrogens with zero attached hydrogens (tertiary/aromatic N) is 3. The standard InChI is InChI=1S/C22H24N4O/c27-22(15-5-7-26(8-6-15)21-3-4-21)11-20-10-18-9-16(19-13-24-25-14-19)1-2-17(18)12-23-20/h1-2,9-10,12-15,21H,3-8,11H2,(H,24,25). The van der Waals surface area contributed by atoms with Gasteiger partial charge in [0.15, 0.2) is 0 Å². The number of ketones is 1. The molecule has 1 saturated carbocycles. The minimum atomic E-state index is 0.203. The first kappa shape index (κ1) is 16.6. The van der Waals surface area contributed by atoms with E-state index in [4.69, 9.17) is 0 Å². The van der Waals surface area contributed by atoms with Crippen LogP contribution in [0.25, 0.3) is 21.9 Å². The van der Waals surface area contributed by atoms with E-state index in [1.165, 1.54) is 12.8 Å². The number of fused-ring (bicyclic) bond motifs is 1. The lowest BCUT2D eigenvalue weighted by Crippen LogP contribution is -2.38. The van der Waals surface area contributed by atoms with Crippen molar-refractivity contribution in [2.45, 2.75) is 38.1 Å². The molecule has 3 aromatic rings. The summed E-state index contributed by atoms with van der Waals surface area (Å²) in [5, 5.41) is 9.09. The summed E-state index contributed by atoms with van der Waals surface area (Å²) in [6.07, 6.45) is 10.7. The summed E-state index contributed by atoms with van der Waals surface area (Å²) in [5.74, 6) is 0.554. The Morgan fingerprint density at radius 2 is 1.89 bits per heavy atom. The monoisotopic (exact) mass is 360 g/mol. The molecule has 1 saturated heterocycles. The summed E-state index contributed by atoms with van der Waals surface area (Å²) in [6.45, 7) is 2.17. The number of aromatic amines is 1. The second-order valence-electron chi connectivity index (χ2n) is 7.91. The highest BCUT2D eigenvalue weighted by Crippen LogP contribution is 2.31. The largest absolute Gasteiger partial charge is 0.300 e. The third-order valence-electron chi connectivity index (χ3n) is 6.01. The predicted molar refractivity (Wildman–Crippen MR) is 105 cm³/mol. The smallest absolute Gasteiger partial charge is 0.142 e. The molecule has 5 nitrogen and oxygen atoms in total. The number of H-pyrrole nitrogens is 1. The number of rotatable bonds is 5. The van der Waals surface area contributed by atoms with Crippen LogP contribution in [0.1, 0.15) is 31.4 Å². The average Bonchev–Trinajstić information content (AvgIpc) is 3.41. The zero-order chi connectivity index (χ0) is 18.2. The molecule has 27 heavy (non-hydrogen) atoms. The Morgan fingerprint density at radius 1 is 1.04 bits per heavy atom. The van der Waals surface area contributed by atoms with Crippen LogP contribution in [0.3, 0.4) is 0 Å². The average molecular weight is 360 g/mol. The lowest BCUT2D eigenvalue weighted by atomic mass is 9.90. The van der Waals surface area contributed by atoms with E-state index in [9.17, 15) is 4.79 Å². The fourth-order valence-electron chi connectivity index (χ4n) is 4.22. The fraction of sp³-hybridized carbons (Fsp3) is 0.409. The minimum absolute atomic E-state index is 0.203. The molecule has 2 aliphatic rings. The first-order valence-corrected chi connectivity index (χ1v) is 9.91. The molecule has 0 radical (unpaired) electrons. The van der Waals surface area contributed by atoms with Crippen LogP contribution in [0.5, 0.6) is 0 Å². The number of carbonyl (C=O) groups excluding carboxylic acids is 1. The number of carbonyl (C=O) groups is 1. The normalized spacial score (nSPS) is 18.8. The summed E-state index contributed by atoms with van der Waals surface area (Å²) in [6, 6.07) is 9.17. The summed E-state index contributed by atoms with van der Waals surface area (Å²) >= 11 is 0. The topological polar surface area (TPSA) is 61.9 Å². The molecule has 1 aromatic carbocycles. The molecule has 0 bridgehead atoms. The van der Waals surface area contributed by atoms with Gasteiger partial charge in [-0.3, -0.25) is 14.9 Å². The third kappa shape index (κ3) is 3.52. The molecule has 1 aliphatic carbocycles. The molecule has 5 heteroatoms. The second-order valence-corrected chi connectivity index (χ2v) is 7.91. The molecule has 0 spiro atoms. The molecule has 3 heterocycles. The highest BCUT2D eigenvalue weighted by atomic mass is 16.1. The van der Waals surface area contributed by atoms with Crippen LogP contribution >= 0.6 is 0 Å². The summed E-state index contributed by atoms with van der Waals surface area (Å²) < 4.78 is 0. The molecule has 0 amide bonds. The van der Waals surface area contributed by atoms with E-state index < -0.39 is 0 Å². The van der Waals surface area contributed by atoms with Crippen molar-refractivity contribution in [3.05, 3.63) is 48.5 Å². The molecule has 2 fully saturated rings. The maximum Gasteiger partial charge on any atom is 0.142 e. The van der Waals surface area contributed by atoms with Gasteiger partial charge >= 0.3 is 0 Å². The van der Waals surface area contributed by atoms with Crippen molar-refractivity contribution in [2.24, 2.45) is 5.92 Å². The van der Waals surface area contributed by atoms with E-state index in [-0.39, 0.29) is 5.92 Å². The van der Waals surface area contributed by atoms with E-state index in [1.54, 1.807) is 0 Å². The van der Waals surface area contributed by atoms with E-state index in [1.807, 2.05) is 18.6 Å². The van der Waals surface area contributed by atoms with Crippen LogP contribution in [-0.4, -0.2) is 45.0 Å². The zero-order valence-electron chi connectivity index (χ0n) is 15.4. The molecule has 138 valence electrons. The lowest BCUT2D eigenvalue weighted by molar-refractivity contribution is -0.123. The van der Waals surface area contributed by atoms with Gasteiger partial charge in [0.2, 0.25) is 0 Å². The lowest BCUT2D eigenvalue weighted by Gasteiger charge is -2.31. The van der Waals surface area contributed by atoms with Crippen molar-refractivity contribution in [2.75, 3.05) is 13.1 Å². The predicted octanol–water partition coefficient (Wildman–Crippen LogP) is 3.61. The van der Waals surface area contributed by atoms with Crippen molar-refractivity contribution >= 4 is 16.6 Å².